The van der Waals surface area contributed by atoms with E-state index in [2.05, 4.69) is 0 Å². The van der Waals surface area contributed by atoms with Crippen LogP contribution in [-0.2, 0) is 18.9 Å². The number of hydrogen-bond donors (Lipinski definition) is 2. The van der Waals surface area contributed by atoms with E-state index in [0.717, 1.165) is 6.42 Å². The lowest BCUT2D eigenvalue weighted by Gasteiger charge is -2.42. The van der Waals surface area contributed by atoms with Crippen molar-refractivity contribution in [1.82, 2.24) is 0 Å². The summed E-state index contributed by atoms with van der Waals surface area (Å²) in [6.07, 6.45) is 0.749. The first-order valence-corrected chi connectivity index (χ1v) is 9.10. The third-order valence-electron chi connectivity index (χ3n) is 5.22. The second-order valence-corrected chi connectivity index (χ2v) is 8.24. The maximum atomic E-state index is 8.93. The van der Waals surface area contributed by atoms with Gasteiger partial charge in [-0.25, -0.2) is 0 Å². The first-order valence-electron chi connectivity index (χ1n) is 9.10. The Hall–Kier alpha value is -0.240. The van der Waals surface area contributed by atoms with Crippen LogP contribution in [0, 0.1) is 0 Å². The van der Waals surface area contributed by atoms with E-state index in [0.29, 0.717) is 26.4 Å². The van der Waals surface area contributed by atoms with Crippen LogP contribution in [0.1, 0.15) is 61.8 Å². The van der Waals surface area contributed by atoms with Crippen molar-refractivity contribution < 1.29 is 29.2 Å². The molecule has 0 heterocycles. The topological polar surface area (TPSA) is 77.4 Å². The summed E-state index contributed by atoms with van der Waals surface area (Å²) in [6.45, 7) is 17.5. The highest BCUT2D eigenvalue weighted by Gasteiger charge is 2.40. The first kappa shape index (κ1) is 24.8. The zero-order valence-corrected chi connectivity index (χ0v) is 17.5. The Kier molecular flexibility index (Phi) is 10.1. The SMILES string of the molecule is CC(C)(OCCO)C(C)(C)OCCCOC(C)(C)C(C)(C)OCCO. The molecular weight excluding hydrogens is 324 g/mol. The molecule has 0 amide bonds. The minimum absolute atomic E-state index is 0.00340. The molecule has 0 radical (unpaired) electrons. The van der Waals surface area contributed by atoms with E-state index in [-0.39, 0.29) is 13.2 Å². The van der Waals surface area contributed by atoms with Crippen molar-refractivity contribution in [3.8, 4) is 0 Å². The molecule has 0 saturated carbocycles. The summed E-state index contributed by atoms with van der Waals surface area (Å²) < 4.78 is 23.4. The zero-order valence-electron chi connectivity index (χ0n) is 17.5. The molecule has 0 aromatic heterocycles. The van der Waals surface area contributed by atoms with Crippen LogP contribution in [0.2, 0.25) is 0 Å². The molecule has 0 saturated heterocycles. The van der Waals surface area contributed by atoms with Gasteiger partial charge in [0.05, 0.1) is 48.8 Å². The maximum absolute atomic E-state index is 8.93. The molecule has 0 rings (SSSR count). The van der Waals surface area contributed by atoms with Gasteiger partial charge in [-0.2, -0.15) is 0 Å². The summed E-state index contributed by atoms with van der Waals surface area (Å²) in [5.74, 6) is 0. The quantitative estimate of drug-likeness (QED) is 0.461. The normalized spacial score (nSPS) is 14.2. The van der Waals surface area contributed by atoms with Crippen LogP contribution < -0.4 is 0 Å². The molecule has 6 heteroatoms. The zero-order chi connectivity index (χ0) is 19.8. The first-order chi connectivity index (χ1) is 11.3. The smallest absolute Gasteiger partial charge is 0.0910 e. The molecule has 0 aliphatic rings. The van der Waals surface area contributed by atoms with Gasteiger partial charge in [-0.15, -0.1) is 0 Å². The van der Waals surface area contributed by atoms with Gasteiger partial charge in [-0.1, -0.05) is 0 Å². The molecule has 0 aliphatic carbocycles. The number of aliphatic hydroxyl groups is 2. The molecule has 0 aromatic carbocycles. The second-order valence-electron chi connectivity index (χ2n) is 8.24. The van der Waals surface area contributed by atoms with Crippen molar-refractivity contribution in [2.24, 2.45) is 0 Å². The fourth-order valence-electron chi connectivity index (χ4n) is 2.01. The van der Waals surface area contributed by atoms with Gasteiger partial charge in [-0.05, 0) is 61.8 Å². The number of hydrogen-bond acceptors (Lipinski definition) is 6. The van der Waals surface area contributed by atoms with Crippen LogP contribution in [0.5, 0.6) is 0 Å². The summed E-state index contributed by atoms with van der Waals surface area (Å²) >= 11 is 0. The Morgan fingerprint density at radius 2 is 0.720 bits per heavy atom. The standard InChI is InChI=1S/C19H40O6/c1-16(2,18(5,6)24-14-10-20)22-12-9-13-23-17(3,4)19(7,8)25-15-11-21/h20-21H,9-15H2,1-8H3. The van der Waals surface area contributed by atoms with Crippen LogP contribution in [0.4, 0.5) is 0 Å². The third-order valence-corrected chi connectivity index (χ3v) is 5.22. The molecule has 2 N–H and O–H groups in total. The lowest BCUT2D eigenvalue weighted by molar-refractivity contribution is -0.192. The Morgan fingerprint density at radius 1 is 0.480 bits per heavy atom. The molecule has 6 nitrogen and oxygen atoms in total. The number of ether oxygens (including phenoxy) is 4. The molecule has 0 aliphatic heterocycles. The van der Waals surface area contributed by atoms with Crippen LogP contribution in [0.15, 0.2) is 0 Å². The Labute approximate surface area is 153 Å². The van der Waals surface area contributed by atoms with Gasteiger partial charge >= 0.3 is 0 Å². The molecule has 0 atom stereocenters. The van der Waals surface area contributed by atoms with Crippen molar-refractivity contribution in [3.05, 3.63) is 0 Å². The van der Waals surface area contributed by atoms with E-state index >= 15 is 0 Å². The average molecular weight is 365 g/mol. The van der Waals surface area contributed by atoms with Crippen molar-refractivity contribution in [2.45, 2.75) is 84.2 Å². The second kappa shape index (κ2) is 10.2. The third kappa shape index (κ3) is 7.89. The van der Waals surface area contributed by atoms with Gasteiger partial charge in [0.1, 0.15) is 0 Å². The lowest BCUT2D eigenvalue weighted by atomic mass is 9.89. The molecule has 0 aromatic rings. The highest BCUT2D eigenvalue weighted by Crippen LogP contribution is 2.30. The molecule has 0 unspecified atom stereocenters. The van der Waals surface area contributed by atoms with Gasteiger partial charge in [0.25, 0.3) is 0 Å². The van der Waals surface area contributed by atoms with Crippen LogP contribution >= 0.6 is 0 Å². The Morgan fingerprint density at radius 3 is 0.960 bits per heavy atom. The summed E-state index contributed by atoms with van der Waals surface area (Å²) in [5, 5.41) is 17.9. The van der Waals surface area contributed by atoms with Gasteiger partial charge in [0.2, 0.25) is 0 Å². The number of rotatable bonds is 14. The summed E-state index contributed by atoms with van der Waals surface area (Å²) in [4.78, 5) is 0. The lowest BCUT2D eigenvalue weighted by Crippen LogP contribution is -2.50. The van der Waals surface area contributed by atoms with E-state index in [9.17, 15) is 0 Å². The monoisotopic (exact) mass is 364 g/mol. The summed E-state index contributed by atoms with van der Waals surface area (Å²) in [5.41, 5.74) is -1.98. The van der Waals surface area contributed by atoms with E-state index in [1.807, 2.05) is 55.4 Å². The molecular formula is C19H40O6. The van der Waals surface area contributed by atoms with E-state index in [1.165, 1.54) is 0 Å². The Bertz CT molecular complexity index is 329. The number of aliphatic hydroxyl groups excluding tert-OH is 2. The molecule has 0 spiro atoms. The predicted molar refractivity (Wildman–Crippen MR) is 98.9 cm³/mol. The van der Waals surface area contributed by atoms with Crippen LogP contribution in [0.3, 0.4) is 0 Å². The van der Waals surface area contributed by atoms with Gasteiger partial charge < -0.3 is 29.2 Å². The van der Waals surface area contributed by atoms with Gasteiger partial charge in [0.15, 0.2) is 0 Å². The molecule has 25 heavy (non-hydrogen) atoms. The van der Waals surface area contributed by atoms with E-state index in [1.54, 1.807) is 0 Å². The summed E-state index contributed by atoms with van der Waals surface area (Å²) in [7, 11) is 0. The van der Waals surface area contributed by atoms with Gasteiger partial charge in [-0.3, -0.25) is 0 Å². The van der Waals surface area contributed by atoms with Crippen molar-refractivity contribution in [3.63, 3.8) is 0 Å². The predicted octanol–water partition coefficient (Wildman–Crippen LogP) is 2.54. The van der Waals surface area contributed by atoms with Crippen LogP contribution in [-0.4, -0.2) is 72.3 Å². The highest BCUT2D eigenvalue weighted by atomic mass is 16.6. The summed E-state index contributed by atoms with van der Waals surface area (Å²) in [6, 6.07) is 0. The van der Waals surface area contributed by atoms with Crippen molar-refractivity contribution >= 4 is 0 Å². The highest BCUT2D eigenvalue weighted by molar-refractivity contribution is 4.90. The minimum Gasteiger partial charge on any atom is -0.394 e. The van der Waals surface area contributed by atoms with E-state index < -0.39 is 22.4 Å². The Balaban J connectivity index is 4.31. The van der Waals surface area contributed by atoms with Crippen LogP contribution in [0.25, 0.3) is 0 Å². The van der Waals surface area contributed by atoms with E-state index in [4.69, 9.17) is 29.2 Å². The fraction of sp³-hybridized carbons (Fsp3) is 1.00. The maximum Gasteiger partial charge on any atom is 0.0910 e. The molecule has 152 valence electrons. The van der Waals surface area contributed by atoms with Crippen molar-refractivity contribution in [2.75, 3.05) is 39.6 Å². The molecule has 0 fully saturated rings. The largest absolute Gasteiger partial charge is 0.394 e. The van der Waals surface area contributed by atoms with Crippen molar-refractivity contribution in [1.29, 1.82) is 0 Å². The molecule has 0 bridgehead atoms. The van der Waals surface area contributed by atoms with Gasteiger partial charge in [0, 0.05) is 13.2 Å². The average Bonchev–Trinajstić information content (AvgIpc) is 2.50. The fourth-order valence-corrected chi connectivity index (χ4v) is 2.01. The minimum atomic E-state index is -0.504.